The van der Waals surface area contributed by atoms with Crippen molar-refractivity contribution in [3.05, 3.63) is 60.2 Å². The SMILES string of the molecule is CCCC(=O)N1CC[C@@](Cc2ccccc2-c2ccccc2)(C(=O)NC(C)C)C1. The molecule has 0 aromatic heterocycles. The Labute approximate surface area is 174 Å². The molecule has 1 aliphatic heterocycles. The number of hydrogen-bond donors (Lipinski definition) is 1. The number of carbonyl (C=O) groups is 2. The fourth-order valence-corrected chi connectivity index (χ4v) is 4.22. The van der Waals surface area contributed by atoms with E-state index in [2.05, 4.69) is 29.6 Å². The molecule has 1 saturated heterocycles. The van der Waals surface area contributed by atoms with Gasteiger partial charge < -0.3 is 10.2 Å². The molecule has 1 fully saturated rings. The Hall–Kier alpha value is -2.62. The molecule has 1 aliphatic rings. The van der Waals surface area contributed by atoms with Gasteiger partial charge in [0.1, 0.15) is 0 Å². The van der Waals surface area contributed by atoms with Gasteiger partial charge in [0, 0.05) is 25.6 Å². The number of rotatable bonds is 7. The molecule has 0 bridgehead atoms. The Morgan fingerprint density at radius 1 is 1.07 bits per heavy atom. The smallest absolute Gasteiger partial charge is 0.228 e. The van der Waals surface area contributed by atoms with Gasteiger partial charge in [0.25, 0.3) is 0 Å². The zero-order valence-electron chi connectivity index (χ0n) is 17.8. The van der Waals surface area contributed by atoms with Gasteiger partial charge in [-0.05, 0) is 49.8 Å². The van der Waals surface area contributed by atoms with Crippen LogP contribution in [0.25, 0.3) is 11.1 Å². The lowest BCUT2D eigenvalue weighted by Gasteiger charge is -2.30. The predicted octanol–water partition coefficient (Wildman–Crippen LogP) is 4.44. The van der Waals surface area contributed by atoms with Gasteiger partial charge in [-0.2, -0.15) is 0 Å². The standard InChI is InChI=1S/C25H32N2O2/c1-4-10-23(28)27-16-15-25(18-27,24(29)26-19(2)3)17-21-13-8-9-14-22(21)20-11-6-5-7-12-20/h5-9,11-14,19H,4,10,15-18H2,1-3H3,(H,26,29)/t25-/m0/s1. The molecule has 4 nitrogen and oxygen atoms in total. The van der Waals surface area contributed by atoms with Gasteiger partial charge in [-0.15, -0.1) is 0 Å². The number of amides is 2. The average Bonchev–Trinajstić information content (AvgIpc) is 3.14. The topological polar surface area (TPSA) is 49.4 Å². The van der Waals surface area contributed by atoms with Crippen LogP contribution in [0, 0.1) is 5.41 Å². The minimum atomic E-state index is -0.585. The summed E-state index contributed by atoms with van der Waals surface area (Å²) in [4.78, 5) is 27.7. The minimum absolute atomic E-state index is 0.0576. The van der Waals surface area contributed by atoms with Gasteiger partial charge in [0.2, 0.25) is 11.8 Å². The van der Waals surface area contributed by atoms with Crippen molar-refractivity contribution >= 4 is 11.8 Å². The lowest BCUT2D eigenvalue weighted by Crippen LogP contribution is -2.47. The molecule has 0 saturated carbocycles. The van der Waals surface area contributed by atoms with E-state index in [9.17, 15) is 9.59 Å². The molecule has 2 aromatic rings. The van der Waals surface area contributed by atoms with Crippen LogP contribution in [0.15, 0.2) is 54.6 Å². The van der Waals surface area contributed by atoms with Crippen molar-refractivity contribution in [2.75, 3.05) is 13.1 Å². The van der Waals surface area contributed by atoms with Crippen LogP contribution >= 0.6 is 0 Å². The fraction of sp³-hybridized carbons (Fsp3) is 0.440. The Morgan fingerprint density at radius 2 is 1.76 bits per heavy atom. The number of nitrogens with zero attached hydrogens (tertiary/aromatic N) is 1. The van der Waals surface area contributed by atoms with E-state index in [0.717, 1.165) is 23.1 Å². The second-order valence-electron chi connectivity index (χ2n) is 8.42. The largest absolute Gasteiger partial charge is 0.353 e. The number of benzene rings is 2. The van der Waals surface area contributed by atoms with E-state index >= 15 is 0 Å². The van der Waals surface area contributed by atoms with Crippen LogP contribution < -0.4 is 5.32 Å². The lowest BCUT2D eigenvalue weighted by atomic mass is 9.78. The third kappa shape index (κ3) is 4.87. The quantitative estimate of drug-likeness (QED) is 0.757. The maximum absolute atomic E-state index is 13.3. The van der Waals surface area contributed by atoms with Crippen molar-refractivity contribution in [3.8, 4) is 11.1 Å². The highest BCUT2D eigenvalue weighted by molar-refractivity contribution is 5.86. The number of carbonyl (C=O) groups excluding carboxylic acids is 2. The van der Waals surface area contributed by atoms with E-state index in [0.29, 0.717) is 32.4 Å². The van der Waals surface area contributed by atoms with Crippen LogP contribution in [0.5, 0.6) is 0 Å². The summed E-state index contributed by atoms with van der Waals surface area (Å²) in [5, 5.41) is 3.12. The molecule has 1 heterocycles. The Kier molecular flexibility index (Phi) is 6.73. The van der Waals surface area contributed by atoms with Gasteiger partial charge in [-0.1, -0.05) is 61.5 Å². The first-order valence-corrected chi connectivity index (χ1v) is 10.7. The van der Waals surface area contributed by atoms with Gasteiger partial charge in [-0.25, -0.2) is 0 Å². The van der Waals surface area contributed by atoms with Crippen molar-refractivity contribution < 1.29 is 9.59 Å². The zero-order chi connectivity index (χ0) is 20.9. The average molecular weight is 393 g/mol. The van der Waals surface area contributed by atoms with Crippen molar-refractivity contribution in [2.24, 2.45) is 5.41 Å². The highest BCUT2D eigenvalue weighted by atomic mass is 16.2. The highest BCUT2D eigenvalue weighted by Crippen LogP contribution is 2.38. The van der Waals surface area contributed by atoms with E-state index in [1.54, 1.807) is 0 Å². The van der Waals surface area contributed by atoms with Crippen LogP contribution in [0.4, 0.5) is 0 Å². The van der Waals surface area contributed by atoms with Gasteiger partial charge in [-0.3, -0.25) is 9.59 Å². The fourth-order valence-electron chi connectivity index (χ4n) is 4.22. The van der Waals surface area contributed by atoms with E-state index in [1.807, 2.05) is 56.0 Å². The second kappa shape index (κ2) is 9.25. The van der Waals surface area contributed by atoms with E-state index in [1.165, 1.54) is 0 Å². The van der Waals surface area contributed by atoms with Crippen LogP contribution in [-0.4, -0.2) is 35.8 Å². The molecule has 0 unspecified atom stereocenters. The van der Waals surface area contributed by atoms with Crippen molar-refractivity contribution in [1.29, 1.82) is 0 Å². The molecule has 0 aliphatic carbocycles. The maximum Gasteiger partial charge on any atom is 0.228 e. The first-order valence-electron chi connectivity index (χ1n) is 10.7. The third-order valence-corrected chi connectivity index (χ3v) is 5.70. The molecule has 4 heteroatoms. The molecule has 0 radical (unpaired) electrons. The van der Waals surface area contributed by atoms with E-state index < -0.39 is 5.41 Å². The van der Waals surface area contributed by atoms with Gasteiger partial charge in [0.05, 0.1) is 5.41 Å². The third-order valence-electron chi connectivity index (χ3n) is 5.70. The summed E-state index contributed by atoms with van der Waals surface area (Å²) in [7, 11) is 0. The molecule has 0 spiro atoms. The van der Waals surface area contributed by atoms with Crippen molar-refractivity contribution in [1.82, 2.24) is 10.2 Å². The normalized spacial score (nSPS) is 18.8. The molecule has 154 valence electrons. The van der Waals surface area contributed by atoms with Gasteiger partial charge >= 0.3 is 0 Å². The van der Waals surface area contributed by atoms with Crippen molar-refractivity contribution in [3.63, 3.8) is 0 Å². The summed E-state index contributed by atoms with van der Waals surface area (Å²) in [6.45, 7) is 7.13. The summed E-state index contributed by atoms with van der Waals surface area (Å²) in [5.74, 6) is 0.213. The molecule has 1 atom stereocenters. The number of hydrogen-bond acceptors (Lipinski definition) is 2. The minimum Gasteiger partial charge on any atom is -0.353 e. The van der Waals surface area contributed by atoms with Crippen LogP contribution in [0.2, 0.25) is 0 Å². The number of likely N-dealkylation sites (tertiary alicyclic amines) is 1. The Morgan fingerprint density at radius 3 is 2.45 bits per heavy atom. The number of nitrogens with one attached hydrogen (secondary N) is 1. The summed E-state index contributed by atoms with van der Waals surface area (Å²) in [6.07, 6.45) is 2.70. The van der Waals surface area contributed by atoms with Gasteiger partial charge in [0.15, 0.2) is 0 Å². The van der Waals surface area contributed by atoms with E-state index in [4.69, 9.17) is 0 Å². The molecule has 1 N–H and O–H groups in total. The Balaban J connectivity index is 1.93. The van der Waals surface area contributed by atoms with Crippen molar-refractivity contribution in [2.45, 2.75) is 52.5 Å². The molecule has 3 rings (SSSR count). The summed E-state index contributed by atoms with van der Waals surface area (Å²) in [5.41, 5.74) is 2.88. The molecule has 2 aromatic carbocycles. The first kappa shape index (κ1) is 21.1. The Bertz CT molecular complexity index is 847. The molecule has 29 heavy (non-hydrogen) atoms. The monoisotopic (exact) mass is 392 g/mol. The molecule has 2 amide bonds. The summed E-state index contributed by atoms with van der Waals surface area (Å²) >= 11 is 0. The van der Waals surface area contributed by atoms with Crippen LogP contribution in [0.3, 0.4) is 0 Å². The van der Waals surface area contributed by atoms with Crippen LogP contribution in [-0.2, 0) is 16.0 Å². The summed E-state index contributed by atoms with van der Waals surface area (Å²) < 4.78 is 0. The lowest BCUT2D eigenvalue weighted by molar-refractivity contribution is -0.133. The maximum atomic E-state index is 13.3. The zero-order valence-corrected chi connectivity index (χ0v) is 17.8. The highest BCUT2D eigenvalue weighted by Gasteiger charge is 2.46. The first-order chi connectivity index (χ1) is 13.9. The van der Waals surface area contributed by atoms with Crippen LogP contribution in [0.1, 0.15) is 45.6 Å². The predicted molar refractivity (Wildman–Crippen MR) is 117 cm³/mol. The molecular weight excluding hydrogens is 360 g/mol. The second-order valence-corrected chi connectivity index (χ2v) is 8.42. The molecular formula is C25H32N2O2. The van der Waals surface area contributed by atoms with E-state index in [-0.39, 0.29) is 17.9 Å². The summed E-state index contributed by atoms with van der Waals surface area (Å²) in [6, 6.07) is 18.7.